The van der Waals surface area contributed by atoms with Crippen LogP contribution in [0.15, 0.2) is 18.2 Å². The van der Waals surface area contributed by atoms with E-state index in [1.807, 2.05) is 0 Å². The fraction of sp³-hybridized carbons (Fsp3) is 0.571. The van der Waals surface area contributed by atoms with Crippen molar-refractivity contribution in [2.45, 2.75) is 25.6 Å². The molecule has 1 aromatic rings. The summed E-state index contributed by atoms with van der Waals surface area (Å²) in [6, 6.07) is 3.21. The molecule has 0 amide bonds. The minimum Gasteiger partial charge on any atom is -0.330 e. The van der Waals surface area contributed by atoms with Crippen LogP contribution >= 0.6 is 0 Å². The van der Waals surface area contributed by atoms with Crippen LogP contribution < -0.4 is 5.73 Å². The first-order valence-electron chi connectivity index (χ1n) is 6.68. The first-order chi connectivity index (χ1) is 9.40. The summed E-state index contributed by atoms with van der Waals surface area (Å²) < 4.78 is 51.2. The van der Waals surface area contributed by atoms with Gasteiger partial charge in [-0.05, 0) is 49.5 Å². The lowest BCUT2D eigenvalue weighted by molar-refractivity contribution is -0.140. The predicted molar refractivity (Wildman–Crippen MR) is 68.5 cm³/mol. The molecule has 1 aliphatic rings. The van der Waals surface area contributed by atoms with Crippen LogP contribution in [0, 0.1) is 11.7 Å². The molecule has 0 radical (unpaired) electrons. The van der Waals surface area contributed by atoms with Gasteiger partial charge in [0.2, 0.25) is 0 Å². The Bertz CT molecular complexity index is 459. The Balaban J connectivity index is 2.10. The average Bonchev–Trinajstić information content (AvgIpc) is 2.40. The van der Waals surface area contributed by atoms with E-state index in [-0.39, 0.29) is 0 Å². The van der Waals surface area contributed by atoms with E-state index in [1.165, 1.54) is 6.07 Å². The fourth-order valence-electron chi connectivity index (χ4n) is 2.63. The average molecular weight is 290 g/mol. The van der Waals surface area contributed by atoms with E-state index in [0.29, 0.717) is 24.6 Å². The Morgan fingerprint density at radius 1 is 1.30 bits per heavy atom. The summed E-state index contributed by atoms with van der Waals surface area (Å²) in [5.74, 6) is -0.828. The van der Waals surface area contributed by atoms with Crippen molar-refractivity contribution in [1.82, 2.24) is 4.90 Å². The number of piperidine rings is 1. The van der Waals surface area contributed by atoms with Gasteiger partial charge in [0.1, 0.15) is 5.82 Å². The molecular weight excluding hydrogens is 272 g/mol. The lowest BCUT2D eigenvalue weighted by Gasteiger charge is -2.32. The molecule has 20 heavy (non-hydrogen) atoms. The highest BCUT2D eigenvalue weighted by Gasteiger charge is 2.34. The second-order valence-corrected chi connectivity index (χ2v) is 5.29. The maximum absolute atomic E-state index is 13.2. The molecule has 1 fully saturated rings. The van der Waals surface area contributed by atoms with Crippen LogP contribution in [0.4, 0.5) is 17.6 Å². The predicted octanol–water partition coefficient (Wildman–Crippen LogP) is 3.02. The number of halogens is 4. The lowest BCUT2D eigenvalue weighted by Crippen LogP contribution is -2.37. The summed E-state index contributed by atoms with van der Waals surface area (Å²) >= 11 is 0. The maximum Gasteiger partial charge on any atom is 0.419 e. The third-order valence-electron chi connectivity index (χ3n) is 3.68. The van der Waals surface area contributed by atoms with Gasteiger partial charge in [-0.2, -0.15) is 13.2 Å². The van der Waals surface area contributed by atoms with Crippen molar-refractivity contribution in [3.63, 3.8) is 0 Å². The number of rotatable bonds is 3. The molecule has 1 heterocycles. The van der Waals surface area contributed by atoms with Crippen molar-refractivity contribution in [2.75, 3.05) is 19.6 Å². The Morgan fingerprint density at radius 3 is 2.70 bits per heavy atom. The molecule has 2 rings (SSSR count). The molecule has 1 unspecified atom stereocenters. The smallest absolute Gasteiger partial charge is 0.330 e. The van der Waals surface area contributed by atoms with Gasteiger partial charge < -0.3 is 5.73 Å². The lowest BCUT2D eigenvalue weighted by atomic mass is 9.97. The summed E-state index contributed by atoms with van der Waals surface area (Å²) in [6.07, 6.45) is -2.60. The van der Waals surface area contributed by atoms with Crippen molar-refractivity contribution in [3.8, 4) is 0 Å². The van der Waals surface area contributed by atoms with Gasteiger partial charge >= 0.3 is 6.18 Å². The van der Waals surface area contributed by atoms with Gasteiger partial charge in [-0.1, -0.05) is 6.07 Å². The molecule has 2 N–H and O–H groups in total. The molecule has 0 aromatic heterocycles. The van der Waals surface area contributed by atoms with E-state index in [9.17, 15) is 17.6 Å². The van der Waals surface area contributed by atoms with Crippen LogP contribution in [-0.2, 0) is 12.7 Å². The van der Waals surface area contributed by atoms with Gasteiger partial charge in [-0.15, -0.1) is 0 Å². The van der Waals surface area contributed by atoms with Gasteiger partial charge in [-0.3, -0.25) is 4.90 Å². The summed E-state index contributed by atoms with van der Waals surface area (Å²) in [4.78, 5) is 2.08. The third-order valence-corrected chi connectivity index (χ3v) is 3.68. The third kappa shape index (κ3) is 3.70. The maximum atomic E-state index is 13.2. The number of alkyl halides is 3. The number of nitrogens with two attached hydrogens (primary N) is 1. The van der Waals surface area contributed by atoms with Gasteiger partial charge in [0.15, 0.2) is 0 Å². The number of hydrogen-bond donors (Lipinski definition) is 1. The SMILES string of the molecule is NCC1CCCN(Cc2ccc(F)c(C(F)(F)F)c2)C1. The molecule has 0 aliphatic carbocycles. The quantitative estimate of drug-likeness (QED) is 0.867. The van der Waals surface area contributed by atoms with E-state index in [4.69, 9.17) is 5.73 Å². The first-order valence-corrected chi connectivity index (χ1v) is 6.68. The standard InChI is InChI=1S/C14H18F4N2/c15-13-4-3-10(6-12(13)14(16,17)18)8-20-5-1-2-11(7-19)9-20/h3-4,6,11H,1-2,5,7-9,19H2. The number of benzene rings is 1. The van der Waals surface area contributed by atoms with Crippen molar-refractivity contribution >= 4 is 0 Å². The van der Waals surface area contributed by atoms with Crippen LogP contribution in [0.5, 0.6) is 0 Å². The minimum absolute atomic E-state index is 0.395. The highest BCUT2D eigenvalue weighted by molar-refractivity contribution is 5.27. The monoisotopic (exact) mass is 290 g/mol. The molecule has 1 aromatic carbocycles. The molecular formula is C14H18F4N2. The highest BCUT2D eigenvalue weighted by atomic mass is 19.4. The Kier molecular flexibility index (Phi) is 4.65. The fourth-order valence-corrected chi connectivity index (χ4v) is 2.63. The zero-order chi connectivity index (χ0) is 14.8. The summed E-state index contributed by atoms with van der Waals surface area (Å²) in [6.45, 7) is 2.62. The van der Waals surface area contributed by atoms with Crippen LogP contribution in [0.3, 0.4) is 0 Å². The van der Waals surface area contributed by atoms with Crippen LogP contribution in [0.25, 0.3) is 0 Å². The first kappa shape index (κ1) is 15.3. The van der Waals surface area contributed by atoms with Gasteiger partial charge in [0.25, 0.3) is 0 Å². The molecule has 1 atom stereocenters. The van der Waals surface area contributed by atoms with Crippen molar-refractivity contribution in [1.29, 1.82) is 0 Å². The normalized spacial score (nSPS) is 21.1. The zero-order valence-corrected chi connectivity index (χ0v) is 11.1. The van der Waals surface area contributed by atoms with Crippen molar-refractivity contribution in [3.05, 3.63) is 35.1 Å². The van der Waals surface area contributed by atoms with Crippen molar-refractivity contribution in [2.24, 2.45) is 11.7 Å². The molecule has 6 heteroatoms. The molecule has 0 saturated carbocycles. The van der Waals surface area contributed by atoms with Gasteiger partial charge in [0, 0.05) is 13.1 Å². The molecule has 0 bridgehead atoms. The second kappa shape index (κ2) is 6.10. The largest absolute Gasteiger partial charge is 0.419 e. The topological polar surface area (TPSA) is 29.3 Å². The summed E-state index contributed by atoms with van der Waals surface area (Å²) in [5, 5.41) is 0. The van der Waals surface area contributed by atoms with E-state index in [0.717, 1.165) is 38.1 Å². The zero-order valence-electron chi connectivity index (χ0n) is 11.1. The van der Waals surface area contributed by atoms with Crippen LogP contribution in [-0.4, -0.2) is 24.5 Å². The van der Waals surface area contributed by atoms with Gasteiger partial charge in [0.05, 0.1) is 5.56 Å². The minimum atomic E-state index is -4.65. The molecule has 112 valence electrons. The van der Waals surface area contributed by atoms with Crippen LogP contribution in [0.2, 0.25) is 0 Å². The summed E-state index contributed by atoms with van der Waals surface area (Å²) in [7, 11) is 0. The number of hydrogen-bond acceptors (Lipinski definition) is 2. The van der Waals surface area contributed by atoms with E-state index >= 15 is 0 Å². The van der Waals surface area contributed by atoms with Crippen molar-refractivity contribution < 1.29 is 17.6 Å². The Hall–Kier alpha value is -1.14. The Labute approximate surface area is 115 Å². The Morgan fingerprint density at radius 2 is 2.05 bits per heavy atom. The number of likely N-dealkylation sites (tertiary alicyclic amines) is 1. The molecule has 1 saturated heterocycles. The summed E-state index contributed by atoms with van der Waals surface area (Å²) in [5.41, 5.74) is 4.93. The van der Waals surface area contributed by atoms with E-state index in [1.54, 1.807) is 0 Å². The van der Waals surface area contributed by atoms with E-state index in [2.05, 4.69) is 4.90 Å². The van der Waals surface area contributed by atoms with Gasteiger partial charge in [-0.25, -0.2) is 4.39 Å². The second-order valence-electron chi connectivity index (χ2n) is 5.29. The number of nitrogens with zero attached hydrogens (tertiary/aromatic N) is 1. The molecule has 2 nitrogen and oxygen atoms in total. The highest BCUT2D eigenvalue weighted by Crippen LogP contribution is 2.32. The van der Waals surface area contributed by atoms with E-state index < -0.39 is 17.6 Å². The molecule has 1 aliphatic heterocycles. The van der Waals surface area contributed by atoms with Crippen LogP contribution in [0.1, 0.15) is 24.0 Å². The molecule has 0 spiro atoms.